The summed E-state index contributed by atoms with van der Waals surface area (Å²) in [4.78, 5) is 15.9. The fourth-order valence-electron chi connectivity index (χ4n) is 2.24. The molecule has 0 atom stereocenters. The Hall–Kier alpha value is -2.92. The lowest BCUT2D eigenvalue weighted by Gasteiger charge is -2.23. The number of hydrogen-bond donors (Lipinski definition) is 1. The van der Waals surface area contributed by atoms with Gasteiger partial charge in [-0.1, -0.05) is 12.1 Å². The first kappa shape index (κ1) is 18.4. The standard InChI is InChI=1S/C17H18N4O3S/c1-25(23,24)21(16-5-3-2-4-15(16)12-18)11-8-17(22)20-13-14-6-9-19-10-7-14/h2-7,9-10H,8,11,13H2,1H3,(H,20,22). The molecule has 130 valence electrons. The van der Waals surface area contributed by atoms with E-state index >= 15 is 0 Å². The molecule has 0 unspecified atom stereocenters. The Bertz CT molecular complexity index is 876. The summed E-state index contributed by atoms with van der Waals surface area (Å²) in [6.45, 7) is 0.300. The smallest absolute Gasteiger partial charge is 0.232 e. The highest BCUT2D eigenvalue weighted by molar-refractivity contribution is 7.92. The third-order valence-corrected chi connectivity index (χ3v) is 4.65. The van der Waals surface area contributed by atoms with Crippen LogP contribution in [0.25, 0.3) is 0 Å². The number of nitrogens with one attached hydrogen (secondary N) is 1. The first-order valence-corrected chi connectivity index (χ1v) is 9.39. The average Bonchev–Trinajstić information content (AvgIpc) is 2.60. The minimum absolute atomic E-state index is 0.0160. The highest BCUT2D eigenvalue weighted by Gasteiger charge is 2.21. The Balaban J connectivity index is 2.04. The first-order chi connectivity index (χ1) is 11.9. The second kappa shape index (κ2) is 8.26. The van der Waals surface area contributed by atoms with Gasteiger partial charge in [-0.25, -0.2) is 8.42 Å². The van der Waals surface area contributed by atoms with Gasteiger partial charge in [0.05, 0.1) is 17.5 Å². The van der Waals surface area contributed by atoms with Gasteiger partial charge >= 0.3 is 0 Å². The van der Waals surface area contributed by atoms with E-state index in [0.29, 0.717) is 6.54 Å². The maximum atomic E-state index is 12.1. The minimum atomic E-state index is -3.62. The summed E-state index contributed by atoms with van der Waals surface area (Å²) in [6, 6.07) is 11.9. The molecule has 2 aromatic rings. The number of nitrogens with zero attached hydrogens (tertiary/aromatic N) is 3. The third-order valence-electron chi connectivity index (χ3n) is 3.47. The van der Waals surface area contributed by atoms with Crippen LogP contribution in [0.1, 0.15) is 17.5 Å². The lowest BCUT2D eigenvalue weighted by Crippen LogP contribution is -2.35. The highest BCUT2D eigenvalue weighted by atomic mass is 32.2. The number of anilines is 1. The van der Waals surface area contributed by atoms with Crippen molar-refractivity contribution in [1.29, 1.82) is 5.26 Å². The number of rotatable bonds is 7. The van der Waals surface area contributed by atoms with Gasteiger partial charge < -0.3 is 5.32 Å². The molecule has 1 heterocycles. The van der Waals surface area contributed by atoms with Crippen LogP contribution in [0.4, 0.5) is 5.69 Å². The molecule has 0 radical (unpaired) electrons. The van der Waals surface area contributed by atoms with Gasteiger partial charge in [0.25, 0.3) is 0 Å². The largest absolute Gasteiger partial charge is 0.352 e. The van der Waals surface area contributed by atoms with Crippen molar-refractivity contribution in [3.8, 4) is 6.07 Å². The lowest BCUT2D eigenvalue weighted by atomic mass is 10.2. The van der Waals surface area contributed by atoms with Crippen LogP contribution < -0.4 is 9.62 Å². The summed E-state index contributed by atoms with van der Waals surface area (Å²) in [5.74, 6) is -0.278. The summed E-state index contributed by atoms with van der Waals surface area (Å²) in [7, 11) is -3.62. The molecule has 0 aliphatic heterocycles. The van der Waals surface area contributed by atoms with Crippen LogP contribution in [-0.2, 0) is 21.4 Å². The Kier molecular flexibility index (Phi) is 6.08. The van der Waals surface area contributed by atoms with Crippen molar-refractivity contribution in [1.82, 2.24) is 10.3 Å². The predicted octanol–water partition coefficient (Wildman–Crippen LogP) is 1.43. The summed E-state index contributed by atoms with van der Waals surface area (Å²) in [6.07, 6.45) is 4.30. The molecule has 25 heavy (non-hydrogen) atoms. The predicted molar refractivity (Wildman–Crippen MR) is 94.0 cm³/mol. The molecule has 7 nitrogen and oxygen atoms in total. The molecule has 0 aliphatic rings. The Morgan fingerprint density at radius 1 is 1.24 bits per heavy atom. The normalized spacial score (nSPS) is 10.7. The maximum Gasteiger partial charge on any atom is 0.232 e. The van der Waals surface area contributed by atoms with Crippen LogP contribution >= 0.6 is 0 Å². The van der Waals surface area contributed by atoms with E-state index in [2.05, 4.69) is 10.3 Å². The third kappa shape index (κ3) is 5.29. The van der Waals surface area contributed by atoms with Gasteiger partial charge in [-0.05, 0) is 29.8 Å². The van der Waals surface area contributed by atoms with Crippen molar-refractivity contribution in [2.45, 2.75) is 13.0 Å². The van der Waals surface area contributed by atoms with Crippen molar-refractivity contribution < 1.29 is 13.2 Å². The van der Waals surface area contributed by atoms with E-state index in [0.717, 1.165) is 16.1 Å². The summed E-state index contributed by atoms with van der Waals surface area (Å²) < 4.78 is 25.2. The van der Waals surface area contributed by atoms with Gasteiger partial charge in [0.1, 0.15) is 6.07 Å². The molecular formula is C17H18N4O3S. The number of sulfonamides is 1. The van der Waals surface area contributed by atoms with E-state index in [9.17, 15) is 13.2 Å². The molecular weight excluding hydrogens is 340 g/mol. The van der Waals surface area contributed by atoms with Crippen molar-refractivity contribution in [3.63, 3.8) is 0 Å². The molecule has 2 rings (SSSR count). The zero-order valence-corrected chi connectivity index (χ0v) is 14.5. The topological polar surface area (TPSA) is 103 Å². The SMILES string of the molecule is CS(=O)(=O)N(CCC(=O)NCc1ccncc1)c1ccccc1C#N. The highest BCUT2D eigenvalue weighted by Crippen LogP contribution is 2.22. The van der Waals surface area contributed by atoms with Crippen molar-refractivity contribution in [2.24, 2.45) is 0 Å². The van der Waals surface area contributed by atoms with Crippen LogP contribution in [0.15, 0.2) is 48.8 Å². The van der Waals surface area contributed by atoms with Gasteiger partial charge in [-0.2, -0.15) is 5.26 Å². The number of amides is 1. The second-order valence-electron chi connectivity index (χ2n) is 5.35. The van der Waals surface area contributed by atoms with Gasteiger partial charge in [-0.3, -0.25) is 14.1 Å². The van der Waals surface area contributed by atoms with E-state index in [1.165, 1.54) is 6.07 Å². The number of hydrogen-bond acceptors (Lipinski definition) is 5. The van der Waals surface area contributed by atoms with Crippen LogP contribution in [0.3, 0.4) is 0 Å². The summed E-state index contributed by atoms with van der Waals surface area (Å²) in [5.41, 5.74) is 1.41. The molecule has 1 amide bonds. The molecule has 0 fully saturated rings. The van der Waals surface area contributed by atoms with Gasteiger partial charge in [0.2, 0.25) is 15.9 Å². The zero-order chi connectivity index (χ0) is 18.3. The Morgan fingerprint density at radius 3 is 2.56 bits per heavy atom. The number of pyridine rings is 1. The van der Waals surface area contributed by atoms with Crippen LogP contribution in [0, 0.1) is 11.3 Å². The van der Waals surface area contributed by atoms with Crippen LogP contribution in [-0.4, -0.2) is 32.1 Å². The van der Waals surface area contributed by atoms with Crippen LogP contribution in [0.2, 0.25) is 0 Å². The van der Waals surface area contributed by atoms with E-state index in [1.807, 2.05) is 6.07 Å². The van der Waals surface area contributed by atoms with E-state index in [1.54, 1.807) is 42.7 Å². The lowest BCUT2D eigenvalue weighted by molar-refractivity contribution is -0.121. The van der Waals surface area contributed by atoms with Gasteiger partial charge in [-0.15, -0.1) is 0 Å². The molecule has 1 aromatic heterocycles. The molecule has 0 bridgehead atoms. The average molecular weight is 358 g/mol. The Labute approximate surface area is 147 Å². The molecule has 1 N–H and O–H groups in total. The molecule has 8 heteroatoms. The monoisotopic (exact) mass is 358 g/mol. The van der Waals surface area contributed by atoms with Crippen molar-refractivity contribution in [2.75, 3.05) is 17.1 Å². The van der Waals surface area contributed by atoms with Crippen LogP contribution in [0.5, 0.6) is 0 Å². The summed E-state index contributed by atoms with van der Waals surface area (Å²) in [5, 5.41) is 11.9. The van der Waals surface area contributed by atoms with E-state index in [4.69, 9.17) is 5.26 Å². The second-order valence-corrected chi connectivity index (χ2v) is 7.25. The summed E-state index contributed by atoms with van der Waals surface area (Å²) >= 11 is 0. The number of carbonyl (C=O) groups excluding carboxylic acids is 1. The van der Waals surface area contributed by atoms with Gasteiger partial charge in [0, 0.05) is 31.9 Å². The van der Waals surface area contributed by atoms with E-state index in [-0.39, 0.29) is 30.1 Å². The number of benzene rings is 1. The fourth-order valence-corrected chi connectivity index (χ4v) is 3.18. The number of carbonyl (C=O) groups is 1. The van der Waals surface area contributed by atoms with Crippen molar-refractivity contribution in [3.05, 3.63) is 59.9 Å². The molecule has 0 saturated heterocycles. The number of para-hydroxylation sites is 1. The minimum Gasteiger partial charge on any atom is -0.352 e. The quantitative estimate of drug-likeness (QED) is 0.806. The molecule has 0 spiro atoms. The zero-order valence-electron chi connectivity index (χ0n) is 13.7. The molecule has 0 aliphatic carbocycles. The fraction of sp³-hybridized carbons (Fsp3) is 0.235. The first-order valence-electron chi connectivity index (χ1n) is 7.54. The Morgan fingerprint density at radius 2 is 1.92 bits per heavy atom. The maximum absolute atomic E-state index is 12.1. The number of aromatic nitrogens is 1. The van der Waals surface area contributed by atoms with Crippen molar-refractivity contribution >= 4 is 21.6 Å². The molecule has 0 saturated carbocycles. The van der Waals surface area contributed by atoms with Gasteiger partial charge in [0.15, 0.2) is 0 Å². The van der Waals surface area contributed by atoms with E-state index < -0.39 is 10.0 Å². The molecule has 1 aromatic carbocycles. The number of nitriles is 1.